The fourth-order valence-corrected chi connectivity index (χ4v) is 1.94. The van der Waals surface area contributed by atoms with Gasteiger partial charge < -0.3 is 5.32 Å². The lowest BCUT2D eigenvalue weighted by atomic mass is 10.1. The fraction of sp³-hybridized carbons (Fsp3) is 0.133. The summed E-state index contributed by atoms with van der Waals surface area (Å²) in [6.45, 7) is 1.84. The van der Waals surface area contributed by atoms with E-state index in [1.165, 1.54) is 18.2 Å². The summed E-state index contributed by atoms with van der Waals surface area (Å²) in [6, 6.07) is 13.2. The molecule has 0 spiro atoms. The molecule has 0 saturated heterocycles. The van der Waals surface area contributed by atoms with Gasteiger partial charge in [0.05, 0.1) is 11.6 Å². The Balaban J connectivity index is 2.15. The molecule has 1 atom stereocenters. The van der Waals surface area contributed by atoms with E-state index in [9.17, 15) is 9.18 Å². The monoisotopic (exact) mass is 277 g/mol. The van der Waals surface area contributed by atoms with Crippen molar-refractivity contribution in [2.24, 2.45) is 0 Å². The third kappa shape index (κ3) is 3.32. The summed E-state index contributed by atoms with van der Waals surface area (Å²) in [6.07, 6.45) is 0. The van der Waals surface area contributed by atoms with Crippen LogP contribution in [0.4, 0.5) is 4.39 Å². The topological polar surface area (TPSA) is 29.1 Å². The fourth-order valence-electron chi connectivity index (χ4n) is 1.77. The van der Waals surface area contributed by atoms with Crippen LogP contribution in [0.25, 0.3) is 0 Å². The quantitative estimate of drug-likeness (QED) is 0.904. The van der Waals surface area contributed by atoms with E-state index in [0.29, 0.717) is 5.02 Å². The molecular formula is C15H13ClFNO. The molecule has 4 heteroatoms. The number of carbonyl (C=O) groups is 1. The number of hydrogen-bond donors (Lipinski definition) is 1. The second kappa shape index (κ2) is 5.85. The summed E-state index contributed by atoms with van der Waals surface area (Å²) in [7, 11) is 0. The normalized spacial score (nSPS) is 11.9. The highest BCUT2D eigenvalue weighted by atomic mass is 35.5. The molecule has 2 aromatic carbocycles. The minimum Gasteiger partial charge on any atom is -0.345 e. The molecule has 0 heterocycles. The van der Waals surface area contributed by atoms with Gasteiger partial charge >= 0.3 is 0 Å². The van der Waals surface area contributed by atoms with E-state index >= 15 is 0 Å². The van der Waals surface area contributed by atoms with Crippen LogP contribution in [-0.4, -0.2) is 5.91 Å². The highest BCUT2D eigenvalue weighted by molar-refractivity contribution is 6.31. The molecule has 2 nitrogen and oxygen atoms in total. The summed E-state index contributed by atoms with van der Waals surface area (Å²) in [5, 5.41) is 3.08. The van der Waals surface area contributed by atoms with Gasteiger partial charge in [-0.2, -0.15) is 0 Å². The summed E-state index contributed by atoms with van der Waals surface area (Å²) in [5.41, 5.74) is 0.911. The summed E-state index contributed by atoms with van der Waals surface area (Å²) >= 11 is 5.77. The molecule has 0 aromatic heterocycles. The maximum Gasteiger partial charge on any atom is 0.254 e. The lowest BCUT2D eigenvalue weighted by molar-refractivity contribution is 0.0936. The van der Waals surface area contributed by atoms with E-state index in [4.69, 9.17) is 11.6 Å². The van der Waals surface area contributed by atoms with Gasteiger partial charge in [0.2, 0.25) is 0 Å². The molecule has 19 heavy (non-hydrogen) atoms. The van der Waals surface area contributed by atoms with Gasteiger partial charge in [-0.1, -0.05) is 41.9 Å². The lowest BCUT2D eigenvalue weighted by Crippen LogP contribution is -2.27. The van der Waals surface area contributed by atoms with Crippen molar-refractivity contribution >= 4 is 17.5 Å². The van der Waals surface area contributed by atoms with Crippen molar-refractivity contribution in [2.75, 3.05) is 0 Å². The number of halogens is 2. The van der Waals surface area contributed by atoms with Crippen molar-refractivity contribution in [3.05, 3.63) is 70.5 Å². The zero-order valence-corrected chi connectivity index (χ0v) is 11.1. The van der Waals surface area contributed by atoms with Gasteiger partial charge in [-0.15, -0.1) is 0 Å². The minimum atomic E-state index is -0.581. The van der Waals surface area contributed by atoms with Crippen LogP contribution in [0, 0.1) is 5.82 Å². The van der Waals surface area contributed by atoms with Crippen molar-refractivity contribution in [1.29, 1.82) is 0 Å². The first-order valence-corrected chi connectivity index (χ1v) is 6.26. The standard InChI is InChI=1S/C15H13ClFNO/c1-10(11-5-3-2-4-6-11)18-15(19)13-9-12(16)7-8-14(13)17/h2-10H,1H3,(H,18,19)/t10-/m1/s1. The Kier molecular flexibility index (Phi) is 4.17. The van der Waals surface area contributed by atoms with E-state index in [-0.39, 0.29) is 11.6 Å². The molecule has 0 aliphatic heterocycles. The number of benzene rings is 2. The predicted octanol–water partition coefficient (Wildman–Crippen LogP) is 3.97. The molecule has 2 aromatic rings. The zero-order valence-electron chi connectivity index (χ0n) is 10.4. The van der Waals surface area contributed by atoms with Crippen LogP contribution in [0.3, 0.4) is 0 Å². The van der Waals surface area contributed by atoms with Gasteiger partial charge in [0, 0.05) is 5.02 Å². The van der Waals surface area contributed by atoms with E-state index in [1.54, 1.807) is 0 Å². The number of hydrogen-bond acceptors (Lipinski definition) is 1. The van der Waals surface area contributed by atoms with Crippen molar-refractivity contribution in [3.8, 4) is 0 Å². The molecule has 0 saturated carbocycles. The van der Waals surface area contributed by atoms with E-state index < -0.39 is 11.7 Å². The number of rotatable bonds is 3. The van der Waals surface area contributed by atoms with Gasteiger partial charge in [-0.3, -0.25) is 4.79 Å². The summed E-state index contributed by atoms with van der Waals surface area (Å²) in [5.74, 6) is -1.06. The third-order valence-electron chi connectivity index (χ3n) is 2.82. The van der Waals surface area contributed by atoms with Crippen molar-refractivity contribution in [2.45, 2.75) is 13.0 Å². The van der Waals surface area contributed by atoms with Crippen LogP contribution in [0.5, 0.6) is 0 Å². The van der Waals surface area contributed by atoms with Crippen LogP contribution in [0.1, 0.15) is 28.9 Å². The lowest BCUT2D eigenvalue weighted by Gasteiger charge is -2.14. The molecule has 1 amide bonds. The molecule has 0 fully saturated rings. The third-order valence-corrected chi connectivity index (χ3v) is 3.06. The maximum atomic E-state index is 13.6. The van der Waals surface area contributed by atoms with Gasteiger partial charge in [-0.05, 0) is 30.7 Å². The minimum absolute atomic E-state index is 0.0460. The average molecular weight is 278 g/mol. The molecule has 2 rings (SSSR count). The highest BCUT2D eigenvalue weighted by Gasteiger charge is 2.15. The van der Waals surface area contributed by atoms with Gasteiger partial charge in [0.15, 0.2) is 0 Å². The Morgan fingerprint density at radius 2 is 1.89 bits per heavy atom. The number of amides is 1. The van der Waals surface area contributed by atoms with E-state index in [2.05, 4.69) is 5.32 Å². The molecule has 0 bridgehead atoms. The highest BCUT2D eigenvalue weighted by Crippen LogP contribution is 2.17. The summed E-state index contributed by atoms with van der Waals surface area (Å²) < 4.78 is 13.6. The van der Waals surface area contributed by atoms with Gasteiger partial charge in [0.25, 0.3) is 5.91 Å². The van der Waals surface area contributed by atoms with Crippen molar-refractivity contribution < 1.29 is 9.18 Å². The van der Waals surface area contributed by atoms with E-state index in [1.807, 2.05) is 37.3 Å². The first-order valence-electron chi connectivity index (χ1n) is 5.89. The molecule has 0 aliphatic carbocycles. The number of carbonyl (C=O) groups excluding carboxylic acids is 1. The second-order valence-electron chi connectivity index (χ2n) is 4.23. The van der Waals surface area contributed by atoms with Crippen LogP contribution in [0.15, 0.2) is 48.5 Å². The maximum absolute atomic E-state index is 13.6. The average Bonchev–Trinajstić information content (AvgIpc) is 2.42. The Hall–Kier alpha value is -1.87. The largest absolute Gasteiger partial charge is 0.345 e. The first kappa shape index (κ1) is 13.6. The van der Waals surface area contributed by atoms with Crippen LogP contribution >= 0.6 is 11.6 Å². The Morgan fingerprint density at radius 3 is 2.58 bits per heavy atom. The Morgan fingerprint density at radius 1 is 1.21 bits per heavy atom. The molecule has 0 radical (unpaired) electrons. The number of nitrogens with one attached hydrogen (secondary N) is 1. The molecule has 0 aliphatic rings. The smallest absolute Gasteiger partial charge is 0.254 e. The van der Waals surface area contributed by atoms with Gasteiger partial charge in [-0.25, -0.2) is 4.39 Å². The van der Waals surface area contributed by atoms with Gasteiger partial charge in [0.1, 0.15) is 5.82 Å². The first-order chi connectivity index (χ1) is 9.08. The molecular weight excluding hydrogens is 265 g/mol. The van der Waals surface area contributed by atoms with E-state index in [0.717, 1.165) is 5.56 Å². The Labute approximate surface area is 116 Å². The van der Waals surface area contributed by atoms with Crippen LogP contribution in [0.2, 0.25) is 5.02 Å². The molecule has 98 valence electrons. The van der Waals surface area contributed by atoms with Crippen molar-refractivity contribution in [3.63, 3.8) is 0 Å². The second-order valence-corrected chi connectivity index (χ2v) is 4.67. The van der Waals surface area contributed by atoms with Crippen LogP contribution < -0.4 is 5.32 Å². The summed E-state index contributed by atoms with van der Waals surface area (Å²) in [4.78, 5) is 12.0. The molecule has 0 unspecified atom stereocenters. The van der Waals surface area contributed by atoms with Crippen LogP contribution in [-0.2, 0) is 0 Å². The predicted molar refractivity (Wildman–Crippen MR) is 73.7 cm³/mol. The van der Waals surface area contributed by atoms with Crippen molar-refractivity contribution in [1.82, 2.24) is 5.32 Å². The molecule has 1 N–H and O–H groups in total. The SMILES string of the molecule is C[C@@H](NC(=O)c1cc(Cl)ccc1F)c1ccccc1. The zero-order chi connectivity index (χ0) is 13.8. The Bertz CT molecular complexity index is 586.